The van der Waals surface area contributed by atoms with Crippen LogP contribution in [-0.2, 0) is 9.53 Å². The van der Waals surface area contributed by atoms with Crippen molar-refractivity contribution in [1.29, 1.82) is 0 Å². The number of aliphatic hydroxyl groups is 3. The molecule has 0 aromatic rings. The van der Waals surface area contributed by atoms with Crippen molar-refractivity contribution < 1.29 is 24.9 Å². The van der Waals surface area contributed by atoms with E-state index in [-0.39, 0.29) is 23.7 Å². The Morgan fingerprint density at radius 1 is 1.37 bits per heavy atom. The average Bonchev–Trinajstić information content (AvgIpc) is 2.94. The lowest BCUT2D eigenvalue weighted by molar-refractivity contribution is -0.192. The highest BCUT2D eigenvalue weighted by Crippen LogP contribution is 2.44. The molecule has 0 aromatic heterocycles. The van der Waals surface area contributed by atoms with E-state index in [4.69, 9.17) is 9.84 Å². The van der Waals surface area contributed by atoms with Crippen LogP contribution in [0, 0.1) is 11.8 Å². The molecule has 0 bridgehead atoms. The average molecular weight is 381 g/mol. The first-order chi connectivity index (χ1) is 13.0. The number of allylic oxidation sites excluding steroid dienone is 3. The third-order valence-corrected chi connectivity index (χ3v) is 5.19. The quantitative estimate of drug-likeness (QED) is 0.185. The maximum Gasteiger partial charge on any atom is 0.210 e. The lowest BCUT2D eigenvalue weighted by Gasteiger charge is -2.30. The number of rotatable bonds is 14. The van der Waals surface area contributed by atoms with Gasteiger partial charge in [-0.15, -0.1) is 0 Å². The minimum Gasteiger partial charge on any atom is -0.470 e. The van der Waals surface area contributed by atoms with Crippen molar-refractivity contribution in [1.82, 2.24) is 0 Å². The zero-order chi connectivity index (χ0) is 20.1. The molecule has 1 rings (SSSR count). The van der Waals surface area contributed by atoms with Crippen molar-refractivity contribution in [2.24, 2.45) is 11.8 Å². The Kier molecular flexibility index (Phi) is 11.3. The molecule has 4 atom stereocenters. The SMILES string of the molecule is C=COC1(O)CC[C@H](C=CCC(O)CCC)[C@H]1CC=CCCCC(=O)CO. The van der Waals surface area contributed by atoms with Gasteiger partial charge in [-0.1, -0.05) is 44.2 Å². The third kappa shape index (κ3) is 8.41. The molecule has 5 heteroatoms. The van der Waals surface area contributed by atoms with Crippen LogP contribution < -0.4 is 0 Å². The summed E-state index contributed by atoms with van der Waals surface area (Å²) in [6.45, 7) is 5.24. The molecular formula is C22H36O5. The summed E-state index contributed by atoms with van der Waals surface area (Å²) < 4.78 is 5.45. The Bertz CT molecular complexity index is 499. The molecule has 0 amide bonds. The van der Waals surface area contributed by atoms with E-state index in [1.807, 2.05) is 18.2 Å². The Hall–Kier alpha value is -1.43. The number of hydrogen-bond donors (Lipinski definition) is 3. The fourth-order valence-corrected chi connectivity index (χ4v) is 3.69. The van der Waals surface area contributed by atoms with Crippen molar-refractivity contribution in [3.8, 4) is 0 Å². The first kappa shape index (κ1) is 23.6. The molecule has 0 aromatic carbocycles. The van der Waals surface area contributed by atoms with Gasteiger partial charge in [0.25, 0.3) is 0 Å². The summed E-state index contributed by atoms with van der Waals surface area (Å²) in [6, 6.07) is 0. The summed E-state index contributed by atoms with van der Waals surface area (Å²) in [7, 11) is 0. The number of ketones is 1. The molecule has 3 N–H and O–H groups in total. The molecule has 5 nitrogen and oxygen atoms in total. The minimum absolute atomic E-state index is 0.0783. The standard InChI is InChI=1S/C22H36O5/c1-3-10-19(24)13-9-11-18-15-16-22(26,27-4-2)21(18)14-8-6-5-7-12-20(25)17-23/h4,6,8-9,11,18-19,21,23-24,26H,2-3,5,7,10,12-17H2,1H3/t18-,19?,21+,22?/m0/s1. The van der Waals surface area contributed by atoms with Gasteiger partial charge in [0.1, 0.15) is 6.61 Å². The number of hydrogen-bond acceptors (Lipinski definition) is 5. The number of aliphatic hydroxyl groups excluding tert-OH is 2. The second-order valence-electron chi connectivity index (χ2n) is 7.34. The van der Waals surface area contributed by atoms with Gasteiger partial charge in [-0.05, 0) is 44.4 Å². The van der Waals surface area contributed by atoms with Crippen molar-refractivity contribution >= 4 is 5.78 Å². The maximum atomic E-state index is 11.1. The molecule has 0 aliphatic heterocycles. The van der Waals surface area contributed by atoms with E-state index in [0.29, 0.717) is 32.1 Å². The van der Waals surface area contributed by atoms with E-state index in [1.165, 1.54) is 6.26 Å². The highest BCUT2D eigenvalue weighted by atomic mass is 16.6. The van der Waals surface area contributed by atoms with Crippen LogP contribution in [0.4, 0.5) is 0 Å². The molecular weight excluding hydrogens is 344 g/mol. The monoisotopic (exact) mass is 380 g/mol. The van der Waals surface area contributed by atoms with E-state index >= 15 is 0 Å². The van der Waals surface area contributed by atoms with Crippen molar-refractivity contribution in [3.05, 3.63) is 37.1 Å². The highest BCUT2D eigenvalue weighted by Gasteiger charge is 2.47. The van der Waals surface area contributed by atoms with Crippen LogP contribution in [0.15, 0.2) is 37.1 Å². The summed E-state index contributed by atoms with van der Waals surface area (Å²) in [4.78, 5) is 11.1. The summed E-state index contributed by atoms with van der Waals surface area (Å²) in [5.74, 6) is -1.24. The van der Waals surface area contributed by atoms with Gasteiger partial charge in [0.05, 0.1) is 12.4 Å². The van der Waals surface area contributed by atoms with Gasteiger partial charge < -0.3 is 20.1 Å². The highest BCUT2D eigenvalue weighted by molar-refractivity contribution is 5.79. The lowest BCUT2D eigenvalue weighted by atomic mass is 9.88. The largest absolute Gasteiger partial charge is 0.470 e. The molecule has 1 saturated carbocycles. The second-order valence-corrected chi connectivity index (χ2v) is 7.34. The molecule has 0 heterocycles. The summed E-state index contributed by atoms with van der Waals surface area (Å²) in [6.07, 6.45) is 15.5. The Balaban J connectivity index is 2.59. The molecule has 1 fully saturated rings. The topological polar surface area (TPSA) is 87.0 Å². The normalized spacial score (nSPS) is 26.7. The van der Waals surface area contributed by atoms with E-state index in [9.17, 15) is 15.0 Å². The molecule has 1 aliphatic carbocycles. The molecule has 0 saturated heterocycles. The van der Waals surface area contributed by atoms with Crippen LogP contribution in [-0.4, -0.2) is 39.6 Å². The number of unbranched alkanes of at least 4 members (excludes halogenated alkanes) is 1. The van der Waals surface area contributed by atoms with E-state index in [2.05, 4.69) is 19.6 Å². The molecule has 0 radical (unpaired) electrons. The minimum atomic E-state index is -1.21. The predicted octanol–water partition coefficient (Wildman–Crippen LogP) is 3.65. The fourth-order valence-electron chi connectivity index (χ4n) is 3.69. The van der Waals surface area contributed by atoms with Gasteiger partial charge in [-0.25, -0.2) is 0 Å². The van der Waals surface area contributed by atoms with Crippen LogP contribution in [0.5, 0.6) is 0 Å². The van der Waals surface area contributed by atoms with Gasteiger partial charge >= 0.3 is 0 Å². The van der Waals surface area contributed by atoms with Crippen LogP contribution in [0.3, 0.4) is 0 Å². The van der Waals surface area contributed by atoms with Crippen molar-refractivity contribution in [2.45, 2.75) is 76.6 Å². The van der Waals surface area contributed by atoms with Crippen molar-refractivity contribution in [3.63, 3.8) is 0 Å². The number of ether oxygens (including phenoxy) is 1. The number of Topliss-reactive ketones (excluding diaryl/α,β-unsaturated/α-hetero) is 1. The molecule has 154 valence electrons. The van der Waals surface area contributed by atoms with E-state index < -0.39 is 12.4 Å². The first-order valence-corrected chi connectivity index (χ1v) is 10.1. The number of carbonyl (C=O) groups is 1. The Labute approximate surface area is 163 Å². The fraction of sp³-hybridized carbons (Fsp3) is 0.682. The molecule has 0 spiro atoms. The van der Waals surface area contributed by atoms with Gasteiger partial charge in [0.15, 0.2) is 5.78 Å². The van der Waals surface area contributed by atoms with Crippen LogP contribution in [0.25, 0.3) is 0 Å². The Morgan fingerprint density at radius 3 is 2.81 bits per heavy atom. The molecule has 27 heavy (non-hydrogen) atoms. The van der Waals surface area contributed by atoms with Gasteiger partial charge in [0, 0.05) is 18.8 Å². The molecule has 2 unspecified atom stereocenters. The van der Waals surface area contributed by atoms with Crippen LogP contribution in [0.2, 0.25) is 0 Å². The summed E-state index contributed by atoms with van der Waals surface area (Å²) in [5.41, 5.74) is 0. The van der Waals surface area contributed by atoms with Crippen molar-refractivity contribution in [2.75, 3.05) is 6.61 Å². The predicted molar refractivity (Wildman–Crippen MR) is 107 cm³/mol. The zero-order valence-electron chi connectivity index (χ0n) is 16.6. The summed E-state index contributed by atoms with van der Waals surface area (Å²) in [5, 5.41) is 29.4. The van der Waals surface area contributed by atoms with Gasteiger partial charge in [-0.3, -0.25) is 4.79 Å². The first-order valence-electron chi connectivity index (χ1n) is 10.1. The number of carbonyl (C=O) groups excluding carboxylic acids is 1. The van der Waals surface area contributed by atoms with Crippen LogP contribution >= 0.6 is 0 Å². The smallest absolute Gasteiger partial charge is 0.210 e. The lowest BCUT2D eigenvalue weighted by Crippen LogP contribution is -2.36. The van der Waals surface area contributed by atoms with Gasteiger partial charge in [-0.2, -0.15) is 0 Å². The van der Waals surface area contributed by atoms with E-state index in [0.717, 1.165) is 25.7 Å². The Morgan fingerprint density at radius 2 is 2.15 bits per heavy atom. The zero-order valence-corrected chi connectivity index (χ0v) is 16.6. The van der Waals surface area contributed by atoms with Gasteiger partial charge in [0.2, 0.25) is 5.79 Å². The maximum absolute atomic E-state index is 11.1. The summed E-state index contributed by atoms with van der Waals surface area (Å²) >= 11 is 0. The van der Waals surface area contributed by atoms with E-state index in [1.54, 1.807) is 0 Å². The third-order valence-electron chi connectivity index (χ3n) is 5.19. The second kappa shape index (κ2) is 12.9. The molecule has 1 aliphatic rings. The van der Waals surface area contributed by atoms with Crippen LogP contribution in [0.1, 0.15) is 64.7 Å².